The predicted molar refractivity (Wildman–Crippen MR) is 133 cm³/mol. The summed E-state index contributed by atoms with van der Waals surface area (Å²) in [7, 11) is -4.67. The minimum absolute atomic E-state index is 0. The summed E-state index contributed by atoms with van der Waals surface area (Å²) in [6.07, 6.45) is 1.88. The molecule has 4 aromatic carbocycles. The number of halogens is 1. The Hall–Kier alpha value is -2.86. The van der Waals surface area contributed by atoms with Crippen molar-refractivity contribution in [3.05, 3.63) is 125 Å². The molecule has 1 unspecified atom stereocenters. The van der Waals surface area contributed by atoms with Crippen LogP contribution in [0.25, 0.3) is 11.6 Å². The Morgan fingerprint density at radius 1 is 0.806 bits per heavy atom. The molecule has 0 aliphatic carbocycles. The van der Waals surface area contributed by atoms with E-state index in [9.17, 15) is 19.0 Å². The summed E-state index contributed by atoms with van der Waals surface area (Å²) in [5.41, 5.74) is 4.90. The largest absolute Gasteiger partial charge is 1.00 e. The predicted octanol–water partition coefficient (Wildman–Crippen LogP) is 3.67. The van der Waals surface area contributed by atoms with Crippen molar-refractivity contribution in [3.8, 4) is 17.2 Å². The molecule has 0 saturated heterocycles. The van der Waals surface area contributed by atoms with Crippen LogP contribution in [0, 0.1) is 19.7 Å². The smallest absolute Gasteiger partial charge is 0.736 e. The molecule has 5 nitrogen and oxygen atoms in total. The fraction of sp³-hybridized carbons (Fsp3) is 0.0714. The molecule has 36 heavy (non-hydrogen) atoms. The van der Waals surface area contributed by atoms with E-state index in [0.717, 1.165) is 33.4 Å². The van der Waals surface area contributed by atoms with Gasteiger partial charge in [0.05, 0.1) is 0 Å². The summed E-state index contributed by atoms with van der Waals surface area (Å²) in [5, 5.41) is 9.66. The molecule has 0 bridgehead atoms. The first-order valence-electron chi connectivity index (χ1n) is 10.8. The van der Waals surface area contributed by atoms with Crippen molar-refractivity contribution in [3.63, 3.8) is 0 Å². The number of aromatic hydroxyl groups is 1. The van der Waals surface area contributed by atoms with Crippen molar-refractivity contribution in [2.75, 3.05) is 0 Å². The van der Waals surface area contributed by atoms with E-state index < -0.39 is 7.82 Å². The zero-order valence-electron chi connectivity index (χ0n) is 20.1. The third kappa shape index (κ3) is 7.57. The van der Waals surface area contributed by atoms with E-state index >= 15 is 0 Å². The van der Waals surface area contributed by atoms with E-state index in [1.807, 2.05) is 26.0 Å². The van der Waals surface area contributed by atoms with Crippen LogP contribution in [0.1, 0.15) is 27.8 Å². The maximum absolute atomic E-state index is 13.4. The Morgan fingerprint density at radius 3 is 1.86 bits per heavy atom. The van der Waals surface area contributed by atoms with Gasteiger partial charge in [-0.2, -0.15) is 0 Å². The first kappa shape index (κ1) is 27.7. The maximum atomic E-state index is 13.4. The van der Waals surface area contributed by atoms with Gasteiger partial charge in [-0.25, -0.2) is 8.96 Å². The van der Waals surface area contributed by atoms with Crippen molar-refractivity contribution in [2.45, 2.75) is 13.8 Å². The Kier molecular flexibility index (Phi) is 9.18. The van der Waals surface area contributed by atoms with Crippen LogP contribution in [0.3, 0.4) is 0 Å². The number of rotatable bonds is 7. The van der Waals surface area contributed by atoms with E-state index in [1.165, 1.54) is 24.3 Å². The quantitative estimate of drug-likeness (QED) is 0.232. The number of hydrogen-bond acceptors (Lipinski definition) is 5. The van der Waals surface area contributed by atoms with Crippen molar-refractivity contribution in [1.82, 2.24) is 0 Å². The van der Waals surface area contributed by atoms with Crippen LogP contribution in [0.4, 0.5) is 4.39 Å². The van der Waals surface area contributed by atoms with E-state index in [1.54, 1.807) is 60.7 Å². The molecule has 0 heterocycles. The van der Waals surface area contributed by atoms with Crippen LogP contribution >= 0.6 is 7.82 Å². The fourth-order valence-corrected chi connectivity index (χ4v) is 4.44. The monoisotopic (exact) mass is 512 g/mol. The minimum Gasteiger partial charge on any atom is -0.736 e. The number of benzene rings is 4. The number of phosphoric acid groups is 1. The van der Waals surface area contributed by atoms with Crippen molar-refractivity contribution < 1.29 is 57.6 Å². The minimum atomic E-state index is -4.67. The first-order valence-corrected chi connectivity index (χ1v) is 12.3. The molecule has 0 amide bonds. The van der Waals surface area contributed by atoms with Gasteiger partial charge in [-0.1, -0.05) is 42.5 Å². The molecule has 178 valence electrons. The second-order valence-corrected chi connectivity index (χ2v) is 9.39. The van der Waals surface area contributed by atoms with E-state index in [-0.39, 0.29) is 52.6 Å². The number of aryl methyl sites for hydroxylation is 2. The van der Waals surface area contributed by atoms with E-state index in [2.05, 4.69) is 0 Å². The Balaban J connectivity index is 0.00000361. The Bertz CT molecular complexity index is 1380. The van der Waals surface area contributed by atoms with Crippen molar-refractivity contribution in [1.29, 1.82) is 0 Å². The summed E-state index contributed by atoms with van der Waals surface area (Å²) in [6, 6.07) is 24.4. The van der Waals surface area contributed by atoms with Crippen LogP contribution in [0.2, 0.25) is 0 Å². The Morgan fingerprint density at radius 2 is 1.31 bits per heavy atom. The molecule has 4 rings (SSSR count). The topological polar surface area (TPSA) is 78.8 Å². The first-order chi connectivity index (χ1) is 16.7. The summed E-state index contributed by atoms with van der Waals surface area (Å²) in [4.78, 5) is 12.5. The molecule has 0 fully saturated rings. The molecule has 0 aromatic heterocycles. The Labute approximate surface area is 231 Å². The van der Waals surface area contributed by atoms with Gasteiger partial charge in [0.1, 0.15) is 23.1 Å². The van der Waals surface area contributed by atoms with Gasteiger partial charge in [-0.3, -0.25) is 0 Å². The fourth-order valence-electron chi connectivity index (χ4n) is 3.66. The molecule has 0 saturated carbocycles. The molecule has 0 aliphatic rings. The summed E-state index contributed by atoms with van der Waals surface area (Å²) < 4.78 is 36.1. The van der Waals surface area contributed by atoms with Crippen LogP contribution in [0.5, 0.6) is 17.2 Å². The van der Waals surface area contributed by atoms with E-state index in [0.29, 0.717) is 0 Å². The van der Waals surface area contributed by atoms with Crippen molar-refractivity contribution in [2.24, 2.45) is 0 Å². The number of phenols is 1. The van der Waals surface area contributed by atoms with Crippen LogP contribution in [-0.2, 0) is 4.57 Å². The van der Waals surface area contributed by atoms with Crippen LogP contribution in [-0.4, -0.2) is 5.11 Å². The zero-order chi connectivity index (χ0) is 25.0. The standard InChI is InChI=1S/C28H24FO5P.Na/c1-19-15-20(2)17-27(16-19)34-35(31,32)33-26-13-7-23(8-14-26)28(22-5-11-25(30)12-6-22)18-21-3-9-24(29)10-4-21;/h3-18,30H,1-2H3,(H,31,32);/q;+1/p-1. The molecule has 4 aromatic rings. The second kappa shape index (κ2) is 11.9. The van der Waals surface area contributed by atoms with Gasteiger partial charge in [-0.05, 0) is 102 Å². The molecular formula is C28H23FNaO5P. The average molecular weight is 512 g/mol. The molecule has 0 spiro atoms. The van der Waals surface area contributed by atoms with Gasteiger partial charge in [0.2, 0.25) is 0 Å². The summed E-state index contributed by atoms with van der Waals surface area (Å²) in [5.74, 6) is 0.0890. The summed E-state index contributed by atoms with van der Waals surface area (Å²) in [6.45, 7) is 3.70. The zero-order valence-corrected chi connectivity index (χ0v) is 23.0. The van der Waals surface area contributed by atoms with Gasteiger partial charge >= 0.3 is 37.4 Å². The molecule has 1 atom stereocenters. The third-order valence-electron chi connectivity index (χ3n) is 5.15. The molecule has 1 N–H and O–H groups in total. The maximum Gasteiger partial charge on any atom is 1.00 e. The van der Waals surface area contributed by atoms with Gasteiger partial charge in [0.25, 0.3) is 0 Å². The van der Waals surface area contributed by atoms with E-state index in [4.69, 9.17) is 9.05 Å². The summed E-state index contributed by atoms with van der Waals surface area (Å²) >= 11 is 0. The van der Waals surface area contributed by atoms with Gasteiger partial charge < -0.3 is 19.0 Å². The van der Waals surface area contributed by atoms with Gasteiger partial charge in [-0.15, -0.1) is 0 Å². The van der Waals surface area contributed by atoms with Crippen LogP contribution < -0.4 is 43.5 Å². The average Bonchev–Trinajstić information content (AvgIpc) is 2.79. The molecule has 8 heteroatoms. The third-order valence-corrected chi connectivity index (χ3v) is 6.02. The van der Waals surface area contributed by atoms with Gasteiger partial charge in [0.15, 0.2) is 0 Å². The molecule has 0 aliphatic heterocycles. The van der Waals surface area contributed by atoms with Crippen molar-refractivity contribution >= 4 is 19.5 Å². The number of hydrogen-bond donors (Lipinski definition) is 1. The second-order valence-electron chi connectivity index (χ2n) is 8.13. The number of phenolic OH excluding ortho intramolecular Hbond substituents is 1. The SMILES string of the molecule is Cc1cc(C)cc(OP(=O)([O-])Oc2ccc(C(=Cc3ccc(F)cc3)c3ccc(O)cc3)cc2)c1.[Na+]. The van der Waals surface area contributed by atoms with Crippen LogP contribution in [0.15, 0.2) is 91.0 Å². The molecular weight excluding hydrogens is 489 g/mol. The number of phosphoric ester groups is 1. The molecule has 0 radical (unpaired) electrons. The van der Waals surface area contributed by atoms with Gasteiger partial charge in [0, 0.05) is 0 Å². The normalized spacial score (nSPS) is 12.8.